The molecule has 0 saturated carbocycles. The number of benzene rings is 2. The average molecular weight is 303 g/mol. The fourth-order valence-electron chi connectivity index (χ4n) is 2.70. The van der Waals surface area contributed by atoms with Crippen LogP contribution in [0.25, 0.3) is 5.57 Å². The van der Waals surface area contributed by atoms with Crippen LogP contribution in [0, 0.1) is 17.5 Å². The summed E-state index contributed by atoms with van der Waals surface area (Å²) < 4.78 is 39.6. The molecule has 0 spiro atoms. The highest BCUT2D eigenvalue weighted by Crippen LogP contribution is 2.26. The van der Waals surface area contributed by atoms with Gasteiger partial charge in [0, 0.05) is 19.6 Å². The van der Waals surface area contributed by atoms with Crippen molar-refractivity contribution in [2.45, 2.75) is 13.0 Å². The minimum atomic E-state index is -1.41. The van der Waals surface area contributed by atoms with Crippen molar-refractivity contribution in [2.75, 3.05) is 13.1 Å². The Kier molecular flexibility index (Phi) is 4.29. The van der Waals surface area contributed by atoms with E-state index < -0.39 is 17.5 Å². The van der Waals surface area contributed by atoms with E-state index in [1.54, 1.807) is 0 Å². The van der Waals surface area contributed by atoms with E-state index in [0.29, 0.717) is 18.5 Å². The smallest absolute Gasteiger partial charge is 0.194 e. The highest BCUT2D eigenvalue weighted by molar-refractivity contribution is 5.66. The predicted molar refractivity (Wildman–Crippen MR) is 80.6 cm³/mol. The lowest BCUT2D eigenvalue weighted by atomic mass is 9.99. The van der Waals surface area contributed by atoms with Crippen LogP contribution in [0.3, 0.4) is 0 Å². The normalized spacial score (nSPS) is 15.7. The van der Waals surface area contributed by atoms with Crippen molar-refractivity contribution in [3.8, 4) is 0 Å². The number of nitrogens with zero attached hydrogens (tertiary/aromatic N) is 1. The van der Waals surface area contributed by atoms with Crippen LogP contribution in [-0.2, 0) is 6.54 Å². The number of hydrogen-bond donors (Lipinski definition) is 0. The maximum atomic E-state index is 13.3. The van der Waals surface area contributed by atoms with Gasteiger partial charge in [-0.2, -0.15) is 0 Å². The lowest BCUT2D eigenvalue weighted by Crippen LogP contribution is -2.28. The van der Waals surface area contributed by atoms with E-state index in [1.165, 1.54) is 5.56 Å². The Morgan fingerprint density at radius 1 is 0.955 bits per heavy atom. The van der Waals surface area contributed by atoms with E-state index in [1.807, 2.05) is 24.3 Å². The SMILES string of the molecule is Fc1cc(C2=CCN(Cc3ccccc3)CC2)cc(F)c1F. The predicted octanol–water partition coefficient (Wildman–Crippen LogP) is 4.39. The summed E-state index contributed by atoms with van der Waals surface area (Å²) in [6, 6.07) is 12.3. The number of halogens is 3. The van der Waals surface area contributed by atoms with Crippen LogP contribution >= 0.6 is 0 Å². The van der Waals surface area contributed by atoms with Crippen molar-refractivity contribution in [3.63, 3.8) is 0 Å². The fourth-order valence-corrected chi connectivity index (χ4v) is 2.70. The third-order valence-corrected chi connectivity index (χ3v) is 3.90. The molecule has 2 aromatic carbocycles. The van der Waals surface area contributed by atoms with Gasteiger partial charge in [0.1, 0.15) is 0 Å². The summed E-state index contributed by atoms with van der Waals surface area (Å²) >= 11 is 0. The average Bonchev–Trinajstić information content (AvgIpc) is 2.54. The number of rotatable bonds is 3. The Bertz CT molecular complexity index is 672. The summed E-state index contributed by atoms with van der Waals surface area (Å²) in [5, 5.41) is 0. The molecule has 1 aliphatic heterocycles. The number of hydrogen-bond acceptors (Lipinski definition) is 1. The van der Waals surface area contributed by atoms with Crippen LogP contribution in [-0.4, -0.2) is 18.0 Å². The van der Waals surface area contributed by atoms with Crippen LogP contribution in [0.5, 0.6) is 0 Å². The summed E-state index contributed by atoms with van der Waals surface area (Å²) in [6.07, 6.45) is 2.65. The third-order valence-electron chi connectivity index (χ3n) is 3.90. The Hall–Kier alpha value is -2.07. The molecular formula is C18H16F3N. The van der Waals surface area contributed by atoms with Gasteiger partial charge in [-0.1, -0.05) is 36.4 Å². The molecule has 0 bridgehead atoms. The van der Waals surface area contributed by atoms with Crippen LogP contribution in [0.4, 0.5) is 13.2 Å². The van der Waals surface area contributed by atoms with E-state index in [4.69, 9.17) is 0 Å². The monoisotopic (exact) mass is 303 g/mol. The van der Waals surface area contributed by atoms with Gasteiger partial charge in [-0.3, -0.25) is 4.90 Å². The van der Waals surface area contributed by atoms with Gasteiger partial charge in [-0.25, -0.2) is 13.2 Å². The zero-order chi connectivity index (χ0) is 15.5. The van der Waals surface area contributed by atoms with Crippen molar-refractivity contribution in [1.29, 1.82) is 0 Å². The highest BCUT2D eigenvalue weighted by Gasteiger charge is 2.17. The molecule has 114 valence electrons. The summed E-state index contributed by atoms with van der Waals surface area (Å²) in [5.74, 6) is -3.68. The Morgan fingerprint density at radius 2 is 1.64 bits per heavy atom. The van der Waals surface area contributed by atoms with E-state index in [2.05, 4.69) is 17.0 Å². The van der Waals surface area contributed by atoms with Crippen molar-refractivity contribution in [3.05, 3.63) is 77.1 Å². The van der Waals surface area contributed by atoms with Gasteiger partial charge in [0.2, 0.25) is 0 Å². The second-order valence-electron chi connectivity index (χ2n) is 5.45. The molecule has 0 amide bonds. The van der Waals surface area contributed by atoms with E-state index in [9.17, 15) is 13.2 Å². The first-order valence-corrected chi connectivity index (χ1v) is 7.24. The van der Waals surface area contributed by atoms with Crippen LogP contribution in [0.15, 0.2) is 48.5 Å². The molecule has 1 nitrogen and oxygen atoms in total. The molecule has 0 atom stereocenters. The minimum absolute atomic E-state index is 0.427. The van der Waals surface area contributed by atoms with Gasteiger partial charge in [-0.15, -0.1) is 0 Å². The van der Waals surface area contributed by atoms with Gasteiger partial charge in [0.25, 0.3) is 0 Å². The third kappa shape index (κ3) is 3.22. The highest BCUT2D eigenvalue weighted by atomic mass is 19.2. The Morgan fingerprint density at radius 3 is 2.23 bits per heavy atom. The molecule has 0 fully saturated rings. The van der Waals surface area contributed by atoms with Gasteiger partial charge >= 0.3 is 0 Å². The van der Waals surface area contributed by atoms with Crippen molar-refractivity contribution in [1.82, 2.24) is 4.90 Å². The van der Waals surface area contributed by atoms with Gasteiger partial charge in [0.15, 0.2) is 17.5 Å². The van der Waals surface area contributed by atoms with Gasteiger partial charge < -0.3 is 0 Å². The molecule has 3 rings (SSSR count). The molecule has 2 aromatic rings. The van der Waals surface area contributed by atoms with Crippen LogP contribution in [0.2, 0.25) is 0 Å². The first-order chi connectivity index (χ1) is 10.6. The molecule has 0 N–H and O–H groups in total. The van der Waals surface area contributed by atoms with E-state index in [0.717, 1.165) is 30.8 Å². The first-order valence-electron chi connectivity index (χ1n) is 7.24. The zero-order valence-corrected chi connectivity index (χ0v) is 12.0. The largest absolute Gasteiger partial charge is 0.295 e. The minimum Gasteiger partial charge on any atom is -0.295 e. The Labute approximate surface area is 127 Å². The molecule has 1 heterocycles. The topological polar surface area (TPSA) is 3.24 Å². The first kappa shape index (κ1) is 14.9. The second-order valence-corrected chi connectivity index (χ2v) is 5.45. The maximum Gasteiger partial charge on any atom is 0.194 e. The summed E-state index contributed by atoms with van der Waals surface area (Å²) in [5.41, 5.74) is 2.52. The quantitative estimate of drug-likeness (QED) is 0.760. The molecular weight excluding hydrogens is 287 g/mol. The lowest BCUT2D eigenvalue weighted by molar-refractivity contribution is 0.294. The van der Waals surface area contributed by atoms with Crippen molar-refractivity contribution < 1.29 is 13.2 Å². The summed E-state index contributed by atoms with van der Waals surface area (Å²) in [4.78, 5) is 2.26. The molecule has 0 saturated heterocycles. The second kappa shape index (κ2) is 6.36. The summed E-state index contributed by atoms with van der Waals surface area (Å²) in [6.45, 7) is 2.36. The maximum absolute atomic E-state index is 13.3. The molecule has 22 heavy (non-hydrogen) atoms. The Balaban J connectivity index is 1.71. The molecule has 0 radical (unpaired) electrons. The van der Waals surface area contributed by atoms with Crippen molar-refractivity contribution in [2.24, 2.45) is 0 Å². The lowest BCUT2D eigenvalue weighted by Gasteiger charge is -2.26. The van der Waals surface area contributed by atoms with E-state index in [-0.39, 0.29) is 0 Å². The van der Waals surface area contributed by atoms with Gasteiger partial charge in [0.05, 0.1) is 0 Å². The van der Waals surface area contributed by atoms with Crippen LogP contribution in [0.1, 0.15) is 17.5 Å². The van der Waals surface area contributed by atoms with Crippen LogP contribution < -0.4 is 0 Å². The van der Waals surface area contributed by atoms with E-state index >= 15 is 0 Å². The fraction of sp³-hybridized carbons (Fsp3) is 0.222. The molecule has 0 aromatic heterocycles. The van der Waals surface area contributed by atoms with Gasteiger partial charge in [-0.05, 0) is 35.3 Å². The zero-order valence-electron chi connectivity index (χ0n) is 12.0. The molecule has 1 aliphatic rings. The molecule has 0 aliphatic carbocycles. The summed E-state index contributed by atoms with van der Waals surface area (Å²) in [7, 11) is 0. The molecule has 0 unspecified atom stereocenters. The van der Waals surface area contributed by atoms with Crippen molar-refractivity contribution >= 4 is 5.57 Å². The standard InChI is InChI=1S/C18H16F3N/c19-16-10-15(11-17(20)18(16)21)14-6-8-22(9-7-14)12-13-4-2-1-3-5-13/h1-6,10-11H,7-9,12H2. The molecule has 4 heteroatoms.